The molecular formula is C17H25N3O2S. The molecule has 2 rings (SSSR count). The van der Waals surface area contributed by atoms with Crippen LogP contribution >= 0.6 is 0 Å². The zero-order valence-corrected chi connectivity index (χ0v) is 15.0. The average Bonchev–Trinajstić information content (AvgIpc) is 2.92. The van der Waals surface area contributed by atoms with Crippen molar-refractivity contribution in [2.75, 3.05) is 4.72 Å². The third-order valence-corrected chi connectivity index (χ3v) is 5.42. The summed E-state index contributed by atoms with van der Waals surface area (Å²) >= 11 is 0. The van der Waals surface area contributed by atoms with Gasteiger partial charge in [-0.3, -0.25) is 4.72 Å². The number of hydrogen-bond donors (Lipinski definition) is 1. The molecular weight excluding hydrogens is 310 g/mol. The van der Waals surface area contributed by atoms with E-state index < -0.39 is 15.3 Å². The lowest BCUT2D eigenvalue weighted by Crippen LogP contribution is -2.22. The highest BCUT2D eigenvalue weighted by atomic mass is 32.2. The van der Waals surface area contributed by atoms with Crippen LogP contribution in [-0.2, 0) is 16.6 Å². The second-order valence-corrected chi connectivity index (χ2v) is 8.37. The quantitative estimate of drug-likeness (QED) is 0.837. The van der Waals surface area contributed by atoms with Crippen LogP contribution in [0.1, 0.15) is 39.2 Å². The van der Waals surface area contributed by atoms with Crippen molar-refractivity contribution >= 4 is 15.7 Å². The molecule has 0 spiro atoms. The minimum atomic E-state index is -3.35. The number of hydrogen-bond acceptors (Lipinski definition) is 3. The maximum Gasteiger partial charge on any atom is 0.235 e. The Balaban J connectivity index is 2.28. The van der Waals surface area contributed by atoms with Gasteiger partial charge in [0.25, 0.3) is 0 Å². The SMILES string of the molecule is CCCCn1cnc(-c2cc(C)cc(NS(=O)(=O)C(C)C)c2)c1. The molecule has 5 nitrogen and oxygen atoms in total. The van der Waals surface area contributed by atoms with Crippen molar-refractivity contribution in [1.82, 2.24) is 9.55 Å². The molecule has 0 bridgehead atoms. The lowest BCUT2D eigenvalue weighted by atomic mass is 10.1. The first-order valence-corrected chi connectivity index (χ1v) is 9.52. The number of anilines is 1. The van der Waals surface area contributed by atoms with Crippen LogP contribution in [0, 0.1) is 6.92 Å². The minimum Gasteiger partial charge on any atom is -0.337 e. The molecule has 1 aromatic carbocycles. The van der Waals surface area contributed by atoms with Gasteiger partial charge in [0, 0.05) is 24.0 Å². The van der Waals surface area contributed by atoms with Crippen molar-refractivity contribution in [3.05, 3.63) is 36.3 Å². The number of aromatic nitrogens is 2. The molecule has 0 amide bonds. The zero-order valence-electron chi connectivity index (χ0n) is 14.2. The Kier molecular flexibility index (Phi) is 5.46. The fraction of sp³-hybridized carbons (Fsp3) is 0.471. The number of nitrogens with zero attached hydrogens (tertiary/aromatic N) is 2. The largest absolute Gasteiger partial charge is 0.337 e. The Morgan fingerprint density at radius 2 is 2.00 bits per heavy atom. The molecule has 0 aliphatic carbocycles. The van der Waals surface area contributed by atoms with Gasteiger partial charge in [-0.05, 0) is 51.0 Å². The third-order valence-electron chi connectivity index (χ3n) is 3.66. The van der Waals surface area contributed by atoms with Gasteiger partial charge in [-0.25, -0.2) is 13.4 Å². The van der Waals surface area contributed by atoms with Crippen LogP contribution in [0.3, 0.4) is 0 Å². The van der Waals surface area contributed by atoms with Crippen LogP contribution in [0.15, 0.2) is 30.7 Å². The van der Waals surface area contributed by atoms with E-state index in [0.29, 0.717) is 5.69 Å². The second-order valence-electron chi connectivity index (χ2n) is 6.13. The van der Waals surface area contributed by atoms with Gasteiger partial charge in [0.05, 0.1) is 17.3 Å². The maximum absolute atomic E-state index is 12.1. The zero-order chi connectivity index (χ0) is 17.0. The van der Waals surface area contributed by atoms with Crippen LogP contribution in [0.4, 0.5) is 5.69 Å². The van der Waals surface area contributed by atoms with Crippen LogP contribution < -0.4 is 4.72 Å². The van der Waals surface area contributed by atoms with Crippen LogP contribution in [0.25, 0.3) is 11.3 Å². The number of sulfonamides is 1. The van der Waals surface area contributed by atoms with E-state index in [1.807, 2.05) is 37.6 Å². The van der Waals surface area contributed by atoms with Crippen molar-refractivity contribution < 1.29 is 8.42 Å². The number of nitrogens with one attached hydrogen (secondary N) is 1. The topological polar surface area (TPSA) is 64.0 Å². The molecule has 126 valence electrons. The molecule has 0 saturated carbocycles. The molecule has 0 radical (unpaired) electrons. The van der Waals surface area contributed by atoms with E-state index in [-0.39, 0.29) is 0 Å². The van der Waals surface area contributed by atoms with Crippen molar-refractivity contribution in [2.24, 2.45) is 0 Å². The van der Waals surface area contributed by atoms with Gasteiger partial charge in [-0.1, -0.05) is 13.3 Å². The highest BCUT2D eigenvalue weighted by Crippen LogP contribution is 2.24. The molecule has 1 aromatic heterocycles. The van der Waals surface area contributed by atoms with E-state index in [4.69, 9.17) is 0 Å². The van der Waals surface area contributed by atoms with Crippen molar-refractivity contribution in [3.63, 3.8) is 0 Å². The highest BCUT2D eigenvalue weighted by Gasteiger charge is 2.16. The van der Waals surface area contributed by atoms with E-state index in [9.17, 15) is 8.42 Å². The number of benzene rings is 1. The molecule has 2 aromatic rings. The standard InChI is InChI=1S/C17H25N3O2S/c1-5-6-7-20-11-17(18-12-20)15-8-14(4)9-16(10-15)19-23(21,22)13(2)3/h8-13,19H,5-7H2,1-4H3. The van der Waals surface area contributed by atoms with E-state index in [1.165, 1.54) is 0 Å². The normalized spacial score (nSPS) is 11.9. The molecule has 0 atom stereocenters. The summed E-state index contributed by atoms with van der Waals surface area (Å²) < 4.78 is 28.8. The van der Waals surface area contributed by atoms with Gasteiger partial charge in [0.15, 0.2) is 0 Å². The maximum atomic E-state index is 12.1. The Morgan fingerprint density at radius 3 is 2.65 bits per heavy atom. The summed E-state index contributed by atoms with van der Waals surface area (Å²) in [5.41, 5.74) is 3.35. The first-order chi connectivity index (χ1) is 10.8. The van der Waals surface area contributed by atoms with Gasteiger partial charge in [-0.2, -0.15) is 0 Å². The van der Waals surface area contributed by atoms with Gasteiger partial charge >= 0.3 is 0 Å². The number of aryl methyl sites for hydroxylation is 2. The summed E-state index contributed by atoms with van der Waals surface area (Å²) in [7, 11) is -3.35. The van der Waals surface area contributed by atoms with Gasteiger partial charge in [-0.15, -0.1) is 0 Å². The molecule has 1 heterocycles. The smallest absolute Gasteiger partial charge is 0.235 e. The van der Waals surface area contributed by atoms with Gasteiger partial charge in [0.1, 0.15) is 0 Å². The average molecular weight is 335 g/mol. The molecule has 1 N–H and O–H groups in total. The van der Waals surface area contributed by atoms with Crippen molar-refractivity contribution in [2.45, 2.75) is 52.3 Å². The van der Waals surface area contributed by atoms with Crippen LogP contribution in [0.5, 0.6) is 0 Å². The van der Waals surface area contributed by atoms with Crippen LogP contribution in [-0.4, -0.2) is 23.2 Å². The molecule has 0 unspecified atom stereocenters. The summed E-state index contributed by atoms with van der Waals surface area (Å²) in [4.78, 5) is 4.44. The Morgan fingerprint density at radius 1 is 1.26 bits per heavy atom. The van der Waals surface area contributed by atoms with Gasteiger partial charge in [0.2, 0.25) is 10.0 Å². The fourth-order valence-electron chi connectivity index (χ4n) is 2.24. The van der Waals surface area contributed by atoms with Crippen molar-refractivity contribution in [3.8, 4) is 11.3 Å². The predicted molar refractivity (Wildman–Crippen MR) is 95.0 cm³/mol. The van der Waals surface area contributed by atoms with E-state index in [2.05, 4.69) is 21.2 Å². The monoisotopic (exact) mass is 335 g/mol. The lowest BCUT2D eigenvalue weighted by molar-refractivity contribution is 0.593. The molecule has 0 aliphatic rings. The van der Waals surface area contributed by atoms with E-state index in [0.717, 1.165) is 36.2 Å². The summed E-state index contributed by atoms with van der Waals surface area (Å²) in [6.07, 6.45) is 6.08. The molecule has 23 heavy (non-hydrogen) atoms. The van der Waals surface area contributed by atoms with Gasteiger partial charge < -0.3 is 4.57 Å². The third kappa shape index (κ3) is 4.58. The van der Waals surface area contributed by atoms with Crippen molar-refractivity contribution in [1.29, 1.82) is 0 Å². The predicted octanol–water partition coefficient (Wildman–Crippen LogP) is 3.81. The van der Waals surface area contributed by atoms with E-state index >= 15 is 0 Å². The molecule has 6 heteroatoms. The summed E-state index contributed by atoms with van der Waals surface area (Å²) in [6.45, 7) is 8.38. The Bertz CT molecular complexity index is 764. The summed E-state index contributed by atoms with van der Waals surface area (Å²) in [6, 6.07) is 5.68. The lowest BCUT2D eigenvalue weighted by Gasteiger charge is -2.12. The Labute approximate surface area is 138 Å². The molecule has 0 aliphatic heterocycles. The molecule has 0 fully saturated rings. The first kappa shape index (κ1) is 17.5. The number of imidazole rings is 1. The van der Waals surface area contributed by atoms with E-state index in [1.54, 1.807) is 13.8 Å². The summed E-state index contributed by atoms with van der Waals surface area (Å²) in [5.74, 6) is 0. The number of rotatable bonds is 7. The molecule has 0 saturated heterocycles. The minimum absolute atomic E-state index is 0.472. The fourth-order valence-corrected chi connectivity index (χ4v) is 2.93. The van der Waals surface area contributed by atoms with Crippen LogP contribution in [0.2, 0.25) is 0 Å². The first-order valence-electron chi connectivity index (χ1n) is 7.97. The number of unbranched alkanes of at least 4 members (excludes halogenated alkanes) is 1. The Hall–Kier alpha value is -1.82. The second kappa shape index (κ2) is 7.17. The highest BCUT2D eigenvalue weighted by molar-refractivity contribution is 7.93. The summed E-state index contributed by atoms with van der Waals surface area (Å²) in [5, 5.41) is -0.472.